The van der Waals surface area contributed by atoms with E-state index in [0.29, 0.717) is 45.3 Å². The van der Waals surface area contributed by atoms with Crippen LogP contribution in [0.1, 0.15) is 44.9 Å². The van der Waals surface area contributed by atoms with Crippen LogP contribution in [-0.4, -0.2) is 60.8 Å². The normalized spacial score (nSPS) is 18.6. The molecule has 1 atom stereocenters. The highest BCUT2D eigenvalue weighted by atomic mass is 19.1. The molecule has 0 aromatic heterocycles. The molecular formula is C23H35FN3O3+. The second-order valence-electron chi connectivity index (χ2n) is 8.42. The van der Waals surface area contributed by atoms with E-state index in [2.05, 4.69) is 15.4 Å². The SMILES string of the molecule is O=C(C[C@@H](CC1CCCCC1)C(=O)N1CC[OH+]CC1)NCCNc1ccc(F)cc1. The lowest BCUT2D eigenvalue weighted by Crippen LogP contribution is -2.46. The van der Waals surface area contributed by atoms with Crippen LogP contribution in [0, 0.1) is 17.7 Å². The summed E-state index contributed by atoms with van der Waals surface area (Å²) < 4.78 is 17.3. The van der Waals surface area contributed by atoms with E-state index in [9.17, 15) is 14.0 Å². The van der Waals surface area contributed by atoms with Crippen molar-refractivity contribution in [2.75, 3.05) is 44.7 Å². The van der Waals surface area contributed by atoms with Gasteiger partial charge in [-0.3, -0.25) is 9.59 Å². The Balaban J connectivity index is 1.47. The Labute approximate surface area is 178 Å². The number of carbonyl (C=O) groups is 2. The standard InChI is InChI=1S/C23H34FN3O3/c24-20-6-8-21(9-7-20)25-10-11-26-22(28)17-19(16-18-4-2-1-3-5-18)23(29)27-12-14-30-15-13-27/h6-9,18-19,25H,1-5,10-17H2,(H,26,28)/p+1/t19-/m1/s1. The minimum atomic E-state index is -0.273. The lowest BCUT2D eigenvalue weighted by molar-refractivity contribution is -0.151. The van der Waals surface area contributed by atoms with Crippen molar-refractivity contribution in [2.45, 2.75) is 44.9 Å². The summed E-state index contributed by atoms with van der Waals surface area (Å²) in [6.45, 7) is 3.74. The Hall–Kier alpha value is -2.15. The maximum absolute atomic E-state index is 13.1. The highest BCUT2D eigenvalue weighted by molar-refractivity contribution is 5.86. The summed E-state index contributed by atoms with van der Waals surface area (Å²) in [6.07, 6.45) is 7.15. The van der Waals surface area contributed by atoms with Gasteiger partial charge < -0.3 is 20.3 Å². The fourth-order valence-electron chi connectivity index (χ4n) is 4.45. The van der Waals surface area contributed by atoms with Crippen LogP contribution >= 0.6 is 0 Å². The topological polar surface area (TPSA) is 74.2 Å². The van der Waals surface area contributed by atoms with Crippen LogP contribution in [0.25, 0.3) is 0 Å². The summed E-state index contributed by atoms with van der Waals surface area (Å²) in [5.41, 5.74) is 0.812. The molecule has 2 fully saturated rings. The smallest absolute Gasteiger partial charge is 0.226 e. The number of rotatable bonds is 9. The van der Waals surface area contributed by atoms with Crippen LogP contribution < -0.4 is 10.6 Å². The van der Waals surface area contributed by atoms with Crippen LogP contribution in [0.2, 0.25) is 0 Å². The summed E-state index contributed by atoms with van der Waals surface area (Å²) in [6, 6.07) is 6.13. The molecule has 1 aromatic carbocycles. The summed E-state index contributed by atoms with van der Waals surface area (Å²) >= 11 is 0. The third-order valence-electron chi connectivity index (χ3n) is 6.11. The highest BCUT2D eigenvalue weighted by Crippen LogP contribution is 2.31. The van der Waals surface area contributed by atoms with Crippen molar-refractivity contribution in [2.24, 2.45) is 11.8 Å². The zero-order valence-electron chi connectivity index (χ0n) is 17.7. The number of anilines is 1. The number of hydrogen-bond acceptors (Lipinski definition) is 3. The van der Waals surface area contributed by atoms with E-state index >= 15 is 0 Å². The molecule has 3 rings (SSSR count). The van der Waals surface area contributed by atoms with E-state index in [1.807, 2.05) is 4.90 Å². The summed E-state index contributed by atoms with van der Waals surface area (Å²) in [7, 11) is 0. The van der Waals surface area contributed by atoms with Gasteiger partial charge in [0.2, 0.25) is 11.8 Å². The van der Waals surface area contributed by atoms with E-state index in [-0.39, 0.29) is 30.0 Å². The van der Waals surface area contributed by atoms with E-state index in [0.717, 1.165) is 12.1 Å². The predicted octanol–water partition coefficient (Wildman–Crippen LogP) is 2.70. The molecule has 0 spiro atoms. The van der Waals surface area contributed by atoms with Gasteiger partial charge in [0.1, 0.15) is 5.82 Å². The van der Waals surface area contributed by atoms with E-state index in [1.54, 1.807) is 12.1 Å². The van der Waals surface area contributed by atoms with Crippen LogP contribution in [0.5, 0.6) is 0 Å². The Morgan fingerprint density at radius 3 is 2.47 bits per heavy atom. The number of morpholine rings is 1. The molecular weight excluding hydrogens is 385 g/mol. The summed E-state index contributed by atoms with van der Waals surface area (Å²) in [4.78, 5) is 27.6. The summed E-state index contributed by atoms with van der Waals surface area (Å²) in [5, 5.41) is 6.08. The molecule has 1 aliphatic carbocycles. The van der Waals surface area contributed by atoms with Gasteiger partial charge >= 0.3 is 0 Å². The third-order valence-corrected chi connectivity index (χ3v) is 6.11. The number of carbonyl (C=O) groups excluding carboxylic acids is 2. The first kappa shape index (κ1) is 22.5. The number of nitrogens with zero attached hydrogens (tertiary/aromatic N) is 1. The Morgan fingerprint density at radius 2 is 1.77 bits per heavy atom. The average Bonchev–Trinajstić information content (AvgIpc) is 2.78. The van der Waals surface area contributed by atoms with Gasteiger partial charge in [0.15, 0.2) is 13.2 Å². The van der Waals surface area contributed by atoms with Gasteiger partial charge in [0.05, 0.1) is 13.1 Å². The third kappa shape index (κ3) is 7.27. The van der Waals surface area contributed by atoms with Crippen molar-refractivity contribution in [3.63, 3.8) is 0 Å². The molecule has 6 nitrogen and oxygen atoms in total. The largest absolute Gasteiger partial charge is 0.431 e. The molecule has 3 N–H and O–H groups in total. The molecule has 166 valence electrons. The lowest BCUT2D eigenvalue weighted by Gasteiger charge is -2.31. The van der Waals surface area contributed by atoms with Crippen LogP contribution in [-0.2, 0) is 9.59 Å². The van der Waals surface area contributed by atoms with Crippen molar-refractivity contribution >= 4 is 17.5 Å². The number of ether oxygens (including phenoxy) is 1. The van der Waals surface area contributed by atoms with Gasteiger partial charge in [0, 0.05) is 31.1 Å². The van der Waals surface area contributed by atoms with Gasteiger partial charge in [-0.25, -0.2) is 4.39 Å². The van der Waals surface area contributed by atoms with E-state index in [1.165, 1.54) is 44.2 Å². The number of halogens is 1. The maximum Gasteiger partial charge on any atom is 0.226 e. The number of aliphatic hydroxyl groups is 2. The molecule has 0 bridgehead atoms. The molecule has 0 radical (unpaired) electrons. The van der Waals surface area contributed by atoms with Crippen LogP contribution in [0.3, 0.4) is 0 Å². The Morgan fingerprint density at radius 1 is 1.07 bits per heavy atom. The first-order valence-electron chi connectivity index (χ1n) is 11.3. The number of nitrogens with one attached hydrogen (secondary N) is 2. The van der Waals surface area contributed by atoms with Crippen molar-refractivity contribution < 1.29 is 18.7 Å². The fourth-order valence-corrected chi connectivity index (χ4v) is 4.45. The van der Waals surface area contributed by atoms with Gasteiger partial charge in [0.25, 0.3) is 0 Å². The quantitative estimate of drug-likeness (QED) is 0.477. The lowest BCUT2D eigenvalue weighted by atomic mass is 9.81. The molecule has 1 saturated heterocycles. The van der Waals surface area contributed by atoms with Gasteiger partial charge in [-0.1, -0.05) is 32.1 Å². The molecule has 2 amide bonds. The second kappa shape index (κ2) is 11.9. The molecule has 1 aromatic rings. The predicted molar refractivity (Wildman–Crippen MR) is 116 cm³/mol. The molecule has 1 saturated carbocycles. The zero-order chi connectivity index (χ0) is 21.2. The molecule has 2 aliphatic rings. The van der Waals surface area contributed by atoms with E-state index in [4.69, 9.17) is 0 Å². The van der Waals surface area contributed by atoms with Gasteiger partial charge in [-0.05, 0) is 36.6 Å². The molecule has 7 heteroatoms. The molecule has 1 heterocycles. The number of benzene rings is 1. The average molecular weight is 421 g/mol. The fraction of sp³-hybridized carbons (Fsp3) is 0.652. The van der Waals surface area contributed by atoms with Crippen LogP contribution in [0.4, 0.5) is 10.1 Å². The first-order valence-corrected chi connectivity index (χ1v) is 11.3. The maximum atomic E-state index is 13.1. The minimum Gasteiger partial charge on any atom is -0.431 e. The molecule has 1 aliphatic heterocycles. The zero-order valence-corrected chi connectivity index (χ0v) is 17.7. The highest BCUT2D eigenvalue weighted by Gasteiger charge is 2.31. The van der Waals surface area contributed by atoms with Gasteiger partial charge in [-0.15, -0.1) is 0 Å². The van der Waals surface area contributed by atoms with Crippen molar-refractivity contribution in [3.8, 4) is 0 Å². The molecule has 30 heavy (non-hydrogen) atoms. The second-order valence-corrected chi connectivity index (χ2v) is 8.42. The van der Waals surface area contributed by atoms with Gasteiger partial charge in [-0.2, -0.15) is 0 Å². The number of hydrogen-bond donors (Lipinski definition) is 2. The summed E-state index contributed by atoms with van der Waals surface area (Å²) in [5.74, 6) is 0.0816. The number of amides is 2. The van der Waals surface area contributed by atoms with Crippen molar-refractivity contribution in [3.05, 3.63) is 30.1 Å². The first-order chi connectivity index (χ1) is 14.6. The Kier molecular flexibility index (Phi) is 8.93. The van der Waals surface area contributed by atoms with Crippen molar-refractivity contribution in [1.29, 1.82) is 0 Å². The monoisotopic (exact) mass is 420 g/mol. The Bertz CT molecular complexity index is 671. The minimum absolute atomic E-state index is 0.0771. The van der Waals surface area contributed by atoms with Crippen LogP contribution in [0.15, 0.2) is 24.3 Å². The molecule has 0 unspecified atom stereocenters. The van der Waals surface area contributed by atoms with Crippen molar-refractivity contribution in [1.82, 2.24) is 10.2 Å². The van der Waals surface area contributed by atoms with E-state index < -0.39 is 0 Å².